The van der Waals surface area contributed by atoms with Gasteiger partial charge in [0.15, 0.2) is 0 Å². The lowest BCUT2D eigenvalue weighted by atomic mass is 9.99. The minimum absolute atomic E-state index is 0.285. The van der Waals surface area contributed by atoms with Crippen molar-refractivity contribution < 1.29 is 24.6 Å². The fourth-order valence-electron chi connectivity index (χ4n) is 3.38. The van der Waals surface area contributed by atoms with E-state index in [4.69, 9.17) is 5.73 Å². The maximum absolute atomic E-state index is 13.4. The van der Waals surface area contributed by atoms with Crippen LogP contribution in [0.25, 0.3) is 0 Å². The Morgan fingerprint density at radius 2 is 1.79 bits per heavy atom. The summed E-state index contributed by atoms with van der Waals surface area (Å²) in [6, 6.07) is 7.65. The predicted octanol–water partition coefficient (Wildman–Crippen LogP) is 2.51. The van der Waals surface area contributed by atoms with Crippen molar-refractivity contribution in [3.8, 4) is 0 Å². The van der Waals surface area contributed by atoms with Gasteiger partial charge in [-0.15, -0.1) is 0 Å². The molecule has 2 rings (SSSR count). The monoisotopic (exact) mass is 478 g/mol. The van der Waals surface area contributed by atoms with Crippen molar-refractivity contribution in [3.05, 3.63) is 35.9 Å². The first-order valence-electron chi connectivity index (χ1n) is 11.1. The summed E-state index contributed by atoms with van der Waals surface area (Å²) < 4.78 is 0. The van der Waals surface area contributed by atoms with Gasteiger partial charge in [-0.25, -0.2) is 9.80 Å². The molecule has 0 aliphatic carbocycles. The van der Waals surface area contributed by atoms with E-state index in [0.717, 1.165) is 22.3 Å². The molecule has 0 spiro atoms. The van der Waals surface area contributed by atoms with Crippen LogP contribution in [-0.4, -0.2) is 62.1 Å². The van der Waals surface area contributed by atoms with Gasteiger partial charge in [0.25, 0.3) is 5.91 Å². The second-order valence-electron chi connectivity index (χ2n) is 9.07. The van der Waals surface area contributed by atoms with Gasteiger partial charge in [0.2, 0.25) is 5.37 Å². The fraction of sp³-hybridized carbons (Fsp3) is 0.565. The van der Waals surface area contributed by atoms with Crippen molar-refractivity contribution in [2.24, 2.45) is 16.3 Å². The average Bonchev–Trinajstić information content (AvgIpc) is 3.22. The van der Waals surface area contributed by atoms with Crippen molar-refractivity contribution in [2.75, 3.05) is 6.54 Å². The molecule has 1 unspecified atom stereocenters. The third-order valence-electron chi connectivity index (χ3n) is 5.23. The van der Waals surface area contributed by atoms with E-state index < -0.39 is 40.7 Å². The van der Waals surface area contributed by atoms with Crippen LogP contribution in [-0.2, 0) is 20.8 Å². The van der Waals surface area contributed by atoms with Gasteiger partial charge < -0.3 is 15.9 Å². The number of rotatable bonds is 12. The van der Waals surface area contributed by atoms with Gasteiger partial charge >= 0.3 is 11.9 Å². The highest BCUT2D eigenvalue weighted by molar-refractivity contribution is 8.15. The summed E-state index contributed by atoms with van der Waals surface area (Å²) in [5.74, 6) is -2.78. The molecule has 0 saturated heterocycles. The van der Waals surface area contributed by atoms with Crippen molar-refractivity contribution in [3.63, 3.8) is 0 Å². The number of aliphatic carboxylic acids is 2. The molecule has 1 aromatic rings. The third kappa shape index (κ3) is 7.83. The fourth-order valence-corrected chi connectivity index (χ4v) is 4.44. The number of thioether (sulfide) groups is 1. The molecule has 9 nitrogen and oxygen atoms in total. The van der Waals surface area contributed by atoms with Crippen LogP contribution in [0.4, 0.5) is 0 Å². The topological polar surface area (TPSA) is 145 Å². The molecule has 1 aliphatic rings. The summed E-state index contributed by atoms with van der Waals surface area (Å²) >= 11 is 1.03. The van der Waals surface area contributed by atoms with Crippen molar-refractivity contribution >= 4 is 34.7 Å². The van der Waals surface area contributed by atoms with E-state index in [1.807, 2.05) is 51.1 Å². The Labute approximate surface area is 198 Å². The van der Waals surface area contributed by atoms with Crippen LogP contribution in [0.3, 0.4) is 0 Å². The first kappa shape index (κ1) is 26.8. The minimum Gasteiger partial charge on any atom is -0.480 e. The Bertz CT molecular complexity index is 856. The molecule has 1 aromatic carbocycles. The van der Waals surface area contributed by atoms with Crippen LogP contribution in [0.15, 0.2) is 35.4 Å². The summed E-state index contributed by atoms with van der Waals surface area (Å²) in [6.07, 6.45) is 2.41. The summed E-state index contributed by atoms with van der Waals surface area (Å²) in [5.41, 5.74) is 6.17. The van der Waals surface area contributed by atoms with Crippen LogP contribution in [0, 0.1) is 5.41 Å². The zero-order valence-electron chi connectivity index (χ0n) is 19.4. The number of nitrogens with zero attached hydrogens (tertiary/aromatic N) is 2. The Balaban J connectivity index is 2.23. The molecule has 5 N–H and O–H groups in total. The molecule has 182 valence electrons. The summed E-state index contributed by atoms with van der Waals surface area (Å²) in [5, 5.41) is 27.1. The number of hydrazone groups is 1. The standard InChI is InChI=1S/C23H34N4O5S/c1-23(2,3)22-26-27(19(33-22)21(31)32)18(28)16(11-7-8-14-24)25-17(20(29)30)13-12-15-9-5-4-6-10-15/h4-6,9-10,16-17,19,25H,7-8,11-14,24H2,1-3H3,(H,29,30)(H,31,32)/t16-,17-,19?/m0/s1. The van der Waals surface area contributed by atoms with Gasteiger partial charge in [-0.2, -0.15) is 5.10 Å². The number of amides is 1. The highest BCUT2D eigenvalue weighted by atomic mass is 32.2. The lowest BCUT2D eigenvalue weighted by Crippen LogP contribution is -2.53. The second kappa shape index (κ2) is 12.2. The second-order valence-corrected chi connectivity index (χ2v) is 10.1. The Morgan fingerprint density at radius 3 is 2.33 bits per heavy atom. The van der Waals surface area contributed by atoms with Crippen molar-refractivity contribution in [1.82, 2.24) is 10.3 Å². The molecule has 1 amide bonds. The van der Waals surface area contributed by atoms with E-state index >= 15 is 0 Å². The number of carboxylic acids is 2. The number of benzene rings is 1. The number of unbranched alkanes of at least 4 members (excludes halogenated alkanes) is 1. The van der Waals surface area contributed by atoms with Crippen LogP contribution >= 0.6 is 11.8 Å². The summed E-state index contributed by atoms with van der Waals surface area (Å²) in [4.78, 5) is 37.2. The number of carboxylic acid groups (broad SMARTS) is 2. The van der Waals surface area contributed by atoms with E-state index in [9.17, 15) is 24.6 Å². The number of hydrogen-bond donors (Lipinski definition) is 4. The third-order valence-corrected chi connectivity index (χ3v) is 6.77. The Morgan fingerprint density at radius 1 is 1.12 bits per heavy atom. The molecule has 0 bridgehead atoms. The molecule has 0 fully saturated rings. The molecule has 0 saturated carbocycles. The first-order chi connectivity index (χ1) is 15.5. The molecule has 10 heteroatoms. The van der Waals surface area contributed by atoms with E-state index in [2.05, 4.69) is 10.4 Å². The maximum Gasteiger partial charge on any atom is 0.339 e. The van der Waals surface area contributed by atoms with Gasteiger partial charge in [0.1, 0.15) is 11.1 Å². The number of carbonyl (C=O) groups excluding carboxylic acids is 1. The van der Waals surface area contributed by atoms with Gasteiger partial charge in [-0.1, -0.05) is 69.3 Å². The molecule has 0 aromatic heterocycles. The largest absolute Gasteiger partial charge is 0.480 e. The molecule has 0 radical (unpaired) electrons. The molecular formula is C23H34N4O5S. The van der Waals surface area contributed by atoms with Gasteiger partial charge in [0.05, 0.1) is 6.04 Å². The van der Waals surface area contributed by atoms with E-state index in [1.165, 1.54) is 0 Å². The van der Waals surface area contributed by atoms with Gasteiger partial charge in [-0.3, -0.25) is 14.9 Å². The first-order valence-corrected chi connectivity index (χ1v) is 12.0. The van der Waals surface area contributed by atoms with Crippen LogP contribution in [0.2, 0.25) is 0 Å². The Hall–Kier alpha value is -2.43. The lowest BCUT2D eigenvalue weighted by molar-refractivity contribution is -0.148. The van der Waals surface area contributed by atoms with Crippen molar-refractivity contribution in [2.45, 2.75) is 70.3 Å². The number of nitrogens with two attached hydrogens (primary N) is 1. The number of nitrogens with one attached hydrogen (secondary N) is 1. The highest BCUT2D eigenvalue weighted by Crippen LogP contribution is 2.36. The zero-order chi connectivity index (χ0) is 24.6. The molecule has 3 atom stereocenters. The van der Waals surface area contributed by atoms with Crippen molar-refractivity contribution in [1.29, 1.82) is 0 Å². The van der Waals surface area contributed by atoms with E-state index in [0.29, 0.717) is 37.3 Å². The SMILES string of the molecule is CC(C)(C)C1=NN(C(=O)[C@H](CCCCN)N[C@@H](CCc2ccccc2)C(=O)O)C(C(=O)O)S1. The average molecular weight is 479 g/mol. The highest BCUT2D eigenvalue weighted by Gasteiger charge is 2.43. The van der Waals surface area contributed by atoms with Crippen LogP contribution < -0.4 is 11.1 Å². The quantitative estimate of drug-likeness (QED) is 0.335. The number of carbonyl (C=O) groups is 3. The zero-order valence-corrected chi connectivity index (χ0v) is 20.2. The van der Waals surface area contributed by atoms with E-state index in [1.54, 1.807) is 0 Å². The van der Waals surface area contributed by atoms with Gasteiger partial charge in [0, 0.05) is 5.41 Å². The Kier molecular flexibility index (Phi) is 9.87. The predicted molar refractivity (Wildman–Crippen MR) is 129 cm³/mol. The summed E-state index contributed by atoms with van der Waals surface area (Å²) in [7, 11) is 0. The van der Waals surface area contributed by atoms with Gasteiger partial charge in [-0.05, 0) is 37.8 Å². The normalized spacial score (nSPS) is 18.0. The van der Waals surface area contributed by atoms with E-state index in [-0.39, 0.29) is 6.42 Å². The smallest absolute Gasteiger partial charge is 0.339 e. The molecule has 33 heavy (non-hydrogen) atoms. The molecular weight excluding hydrogens is 444 g/mol. The lowest BCUT2D eigenvalue weighted by Gasteiger charge is -2.27. The van der Waals surface area contributed by atoms with Crippen LogP contribution in [0.5, 0.6) is 0 Å². The van der Waals surface area contributed by atoms with Crippen LogP contribution in [0.1, 0.15) is 52.0 Å². The summed E-state index contributed by atoms with van der Waals surface area (Å²) in [6.45, 7) is 6.13. The number of aryl methyl sites for hydroxylation is 1. The molecule has 1 aliphatic heterocycles. The molecule has 1 heterocycles. The maximum atomic E-state index is 13.4. The number of hydrogen-bond acceptors (Lipinski definition) is 7. The minimum atomic E-state index is -1.18.